The molecule has 0 radical (unpaired) electrons. The lowest BCUT2D eigenvalue weighted by atomic mass is 9.81. The number of hydrogen-bond acceptors (Lipinski definition) is 7. The Morgan fingerprint density at radius 1 is 1.31 bits per heavy atom. The number of pyridine rings is 1. The van der Waals surface area contributed by atoms with Crippen molar-refractivity contribution in [1.82, 2.24) is 9.88 Å². The highest BCUT2D eigenvalue weighted by atomic mass is 19.3. The molecule has 2 bridgehead atoms. The minimum absolute atomic E-state index is 0.0341. The number of fused-ring (bicyclic) bond motifs is 2. The van der Waals surface area contributed by atoms with Crippen LogP contribution in [0, 0.1) is 17.8 Å². The van der Waals surface area contributed by atoms with E-state index in [9.17, 15) is 13.2 Å². The molecule has 4 rings (SSSR count). The molecule has 1 saturated heterocycles. The lowest BCUT2D eigenvalue weighted by Gasteiger charge is -2.36. The summed E-state index contributed by atoms with van der Waals surface area (Å²) in [6.07, 6.45) is 2.94. The average Bonchev–Trinajstić information content (AvgIpc) is 3.33. The molecular formula is C25H36F3N5O2. The van der Waals surface area contributed by atoms with Crippen molar-refractivity contribution in [3.05, 3.63) is 23.9 Å². The van der Waals surface area contributed by atoms with Crippen LogP contribution in [0.2, 0.25) is 0 Å². The topological polar surface area (TPSA) is 99.0 Å². The number of nitrogen functional groups attached to an aromatic ring is 1. The summed E-state index contributed by atoms with van der Waals surface area (Å²) in [7, 11) is 0. The van der Waals surface area contributed by atoms with Crippen LogP contribution >= 0.6 is 0 Å². The number of aliphatic imine (C=N–C) groups is 1. The van der Waals surface area contributed by atoms with Crippen LogP contribution in [0.15, 0.2) is 23.3 Å². The second kappa shape index (κ2) is 11.2. The quantitative estimate of drug-likeness (QED) is 0.536. The van der Waals surface area contributed by atoms with Gasteiger partial charge in [-0.15, -0.1) is 0 Å². The first kappa shape index (κ1) is 25.8. The summed E-state index contributed by atoms with van der Waals surface area (Å²) in [4.78, 5) is 11.2. The van der Waals surface area contributed by atoms with Gasteiger partial charge in [-0.25, -0.2) is 18.2 Å². The summed E-state index contributed by atoms with van der Waals surface area (Å²) in [5.41, 5.74) is 14.1. The number of ether oxygens (including phenoxy) is 2. The zero-order valence-electron chi connectivity index (χ0n) is 20.4. The number of aromatic nitrogens is 1. The molecule has 4 unspecified atom stereocenters. The molecule has 1 aromatic rings. The smallest absolute Gasteiger partial charge is 0.272 e. The first-order chi connectivity index (χ1) is 16.7. The van der Waals surface area contributed by atoms with E-state index in [1.807, 2.05) is 19.9 Å². The van der Waals surface area contributed by atoms with Crippen molar-refractivity contribution in [2.24, 2.45) is 28.5 Å². The van der Waals surface area contributed by atoms with Gasteiger partial charge in [0.25, 0.3) is 6.43 Å². The largest absolute Gasteiger partial charge is 0.484 e. The van der Waals surface area contributed by atoms with Crippen molar-refractivity contribution < 1.29 is 22.6 Å². The van der Waals surface area contributed by atoms with E-state index in [1.54, 1.807) is 0 Å². The highest BCUT2D eigenvalue weighted by molar-refractivity contribution is 6.02. The normalized spacial score (nSPS) is 30.3. The van der Waals surface area contributed by atoms with Crippen LogP contribution in [0.25, 0.3) is 5.70 Å². The maximum atomic E-state index is 14.1. The number of allylic oxidation sites excluding steroid dienone is 1. The lowest BCUT2D eigenvalue weighted by molar-refractivity contribution is 0.0821. The van der Waals surface area contributed by atoms with Crippen LogP contribution in [0.1, 0.15) is 38.7 Å². The van der Waals surface area contributed by atoms with Crippen molar-refractivity contribution in [1.29, 1.82) is 0 Å². The first-order valence-electron chi connectivity index (χ1n) is 12.4. The minimum atomic E-state index is -2.62. The van der Waals surface area contributed by atoms with E-state index in [0.29, 0.717) is 42.3 Å². The first-order valence-corrected chi connectivity index (χ1v) is 12.4. The van der Waals surface area contributed by atoms with Crippen molar-refractivity contribution >= 4 is 17.2 Å². The second-order valence-corrected chi connectivity index (χ2v) is 10.1. The number of hydrogen-bond donors (Lipinski definition) is 2. The molecular weight excluding hydrogens is 459 g/mol. The van der Waals surface area contributed by atoms with Gasteiger partial charge in [0, 0.05) is 54.3 Å². The predicted molar refractivity (Wildman–Crippen MR) is 130 cm³/mol. The number of alkyl halides is 3. The minimum Gasteiger partial charge on any atom is -0.484 e. The van der Waals surface area contributed by atoms with Crippen LogP contribution in [0.4, 0.5) is 19.0 Å². The Hall–Kier alpha value is -2.33. The predicted octanol–water partition coefficient (Wildman–Crippen LogP) is 3.54. The highest BCUT2D eigenvalue weighted by Gasteiger charge is 2.49. The molecule has 0 aromatic carbocycles. The van der Waals surface area contributed by atoms with Gasteiger partial charge >= 0.3 is 0 Å². The zero-order chi connectivity index (χ0) is 25.1. The van der Waals surface area contributed by atoms with Gasteiger partial charge in [0.15, 0.2) is 11.6 Å². The average molecular weight is 496 g/mol. The fourth-order valence-corrected chi connectivity index (χ4v) is 5.81. The summed E-state index contributed by atoms with van der Waals surface area (Å²) in [6.45, 7) is 5.27. The molecule has 2 heterocycles. The molecule has 1 aliphatic heterocycles. The van der Waals surface area contributed by atoms with E-state index in [4.69, 9.17) is 25.9 Å². The molecule has 0 spiro atoms. The van der Waals surface area contributed by atoms with Crippen LogP contribution in [0.5, 0.6) is 5.75 Å². The second-order valence-electron chi connectivity index (χ2n) is 10.1. The number of anilines is 1. The molecule has 7 nitrogen and oxygen atoms in total. The van der Waals surface area contributed by atoms with Crippen molar-refractivity contribution in [2.75, 3.05) is 38.6 Å². The SMILES string of the molecule is CC(C)N=C(C=C(N)c1cnc(N)c(OCC(F)F)c1)C1CC2C[C@H]1CC2N1CCOCC(F)C1. The molecule has 2 aliphatic carbocycles. The number of halogens is 3. The maximum absolute atomic E-state index is 14.1. The summed E-state index contributed by atoms with van der Waals surface area (Å²) in [5, 5.41) is 0. The summed E-state index contributed by atoms with van der Waals surface area (Å²) in [6, 6.07) is 2.01. The zero-order valence-corrected chi connectivity index (χ0v) is 20.4. The third kappa shape index (κ3) is 6.27. The monoisotopic (exact) mass is 495 g/mol. The Bertz CT molecular complexity index is 942. The molecule has 3 fully saturated rings. The van der Waals surface area contributed by atoms with E-state index < -0.39 is 19.2 Å². The van der Waals surface area contributed by atoms with E-state index in [-0.39, 0.29) is 30.1 Å². The van der Waals surface area contributed by atoms with Crippen LogP contribution in [0.3, 0.4) is 0 Å². The van der Waals surface area contributed by atoms with Gasteiger partial charge in [0.2, 0.25) is 0 Å². The fraction of sp³-hybridized carbons (Fsp3) is 0.680. The number of nitrogens with zero attached hydrogens (tertiary/aromatic N) is 3. The van der Waals surface area contributed by atoms with Gasteiger partial charge in [0.05, 0.1) is 13.2 Å². The van der Waals surface area contributed by atoms with Crippen LogP contribution < -0.4 is 16.2 Å². The van der Waals surface area contributed by atoms with E-state index in [1.165, 1.54) is 12.3 Å². The third-order valence-corrected chi connectivity index (χ3v) is 7.21. The Balaban J connectivity index is 1.50. The highest BCUT2D eigenvalue weighted by Crippen LogP contribution is 2.51. The van der Waals surface area contributed by atoms with Crippen LogP contribution in [-0.4, -0.2) is 73.2 Å². The Morgan fingerprint density at radius 3 is 2.80 bits per heavy atom. The number of nitrogens with two attached hydrogens (primary N) is 2. The molecule has 2 saturated carbocycles. The maximum Gasteiger partial charge on any atom is 0.272 e. The summed E-state index contributed by atoms with van der Waals surface area (Å²) in [5.74, 6) is 1.35. The van der Waals surface area contributed by atoms with Gasteiger partial charge in [-0.3, -0.25) is 9.89 Å². The van der Waals surface area contributed by atoms with Gasteiger partial charge in [-0.2, -0.15) is 0 Å². The molecule has 35 heavy (non-hydrogen) atoms. The molecule has 0 amide bonds. The molecule has 194 valence electrons. The lowest BCUT2D eigenvalue weighted by Crippen LogP contribution is -2.44. The Morgan fingerprint density at radius 2 is 2.11 bits per heavy atom. The van der Waals surface area contributed by atoms with Crippen molar-refractivity contribution in [3.8, 4) is 5.75 Å². The number of rotatable bonds is 8. The molecule has 4 N–H and O–H groups in total. The van der Waals surface area contributed by atoms with E-state index in [2.05, 4.69) is 9.88 Å². The Labute approximate surface area is 204 Å². The third-order valence-electron chi connectivity index (χ3n) is 7.21. The standard InChI is InChI=1S/C25H36F3N5O2/c1-14(2)32-21(9-20(29)17-8-23(25(30)31-10-17)35-13-24(27)28)19-6-16-5-15(19)7-22(16)33-3-4-34-12-18(26)11-33/h8-10,14-16,18-19,22,24H,3-7,11-13,29H2,1-2H3,(H2,30,31)/t15-,16?,18?,19?,22?/m0/s1. The van der Waals surface area contributed by atoms with Gasteiger partial charge < -0.3 is 20.9 Å². The van der Waals surface area contributed by atoms with E-state index in [0.717, 1.165) is 31.5 Å². The molecule has 5 atom stereocenters. The van der Waals surface area contributed by atoms with Crippen LogP contribution in [-0.2, 0) is 4.74 Å². The van der Waals surface area contributed by atoms with Gasteiger partial charge in [-0.05, 0) is 57.1 Å². The summed E-state index contributed by atoms with van der Waals surface area (Å²) < 4.78 is 49.7. The Kier molecular flexibility index (Phi) is 8.21. The van der Waals surface area contributed by atoms with E-state index >= 15 is 0 Å². The van der Waals surface area contributed by atoms with Gasteiger partial charge in [-0.1, -0.05) is 0 Å². The van der Waals surface area contributed by atoms with Gasteiger partial charge in [0.1, 0.15) is 12.8 Å². The molecule has 1 aromatic heterocycles. The fourth-order valence-electron chi connectivity index (χ4n) is 5.81. The summed E-state index contributed by atoms with van der Waals surface area (Å²) >= 11 is 0. The van der Waals surface area contributed by atoms with Crippen molar-refractivity contribution in [2.45, 2.75) is 57.8 Å². The molecule has 10 heteroatoms. The molecule has 3 aliphatic rings. The van der Waals surface area contributed by atoms with Crippen molar-refractivity contribution in [3.63, 3.8) is 0 Å².